The minimum Gasteiger partial charge on any atom is -0.508 e. The van der Waals surface area contributed by atoms with Gasteiger partial charge in [0.2, 0.25) is 0 Å². The summed E-state index contributed by atoms with van der Waals surface area (Å²) in [7, 11) is 0. The lowest BCUT2D eigenvalue weighted by molar-refractivity contribution is -0.124. The van der Waals surface area contributed by atoms with Crippen molar-refractivity contribution in [3.8, 4) is 5.75 Å². The zero-order valence-corrected chi connectivity index (χ0v) is 12.4. The van der Waals surface area contributed by atoms with Gasteiger partial charge in [-0.05, 0) is 55.5 Å². The molecule has 4 heteroatoms. The highest BCUT2D eigenvalue weighted by atomic mass is 35.5. The number of fused-ring (bicyclic) bond motifs is 1. The van der Waals surface area contributed by atoms with E-state index in [1.165, 1.54) is 17.5 Å². The molecule has 0 spiro atoms. The highest BCUT2D eigenvalue weighted by Gasteiger charge is 2.61. The quantitative estimate of drug-likeness (QED) is 0.688. The number of phenolic OH excluding ortho intramolecular Hbond substituents is 1. The van der Waals surface area contributed by atoms with Crippen LogP contribution in [-0.2, 0) is 11.8 Å². The van der Waals surface area contributed by atoms with Crippen molar-refractivity contribution in [1.29, 1.82) is 0 Å². The van der Waals surface area contributed by atoms with Crippen LogP contribution in [0.2, 0.25) is 0 Å². The van der Waals surface area contributed by atoms with Gasteiger partial charge in [0.05, 0.1) is 5.60 Å². The molecular formula is C16H22ClNO2. The standard InChI is InChI=1S/C16H21NO2.ClH/c18-12-4-3-11-9-14-16(19)6-2-1-5-15(16,7-8-17-14)13(11)10-12;/h3-4,10,14,17-19H,1-2,5-9H2;1H/t14-,15+,16-;/m1./s1. The van der Waals surface area contributed by atoms with Gasteiger partial charge in [-0.15, -0.1) is 12.4 Å². The van der Waals surface area contributed by atoms with E-state index in [9.17, 15) is 10.2 Å². The van der Waals surface area contributed by atoms with Crippen LogP contribution in [0.5, 0.6) is 5.75 Å². The van der Waals surface area contributed by atoms with Crippen molar-refractivity contribution >= 4 is 12.4 Å². The van der Waals surface area contributed by atoms with E-state index in [4.69, 9.17) is 0 Å². The molecule has 3 aliphatic rings. The van der Waals surface area contributed by atoms with Crippen LogP contribution < -0.4 is 5.32 Å². The summed E-state index contributed by atoms with van der Waals surface area (Å²) in [4.78, 5) is 0. The molecule has 1 saturated heterocycles. The van der Waals surface area contributed by atoms with Gasteiger partial charge in [-0.1, -0.05) is 18.9 Å². The molecule has 0 amide bonds. The first-order valence-corrected chi connectivity index (χ1v) is 7.44. The van der Waals surface area contributed by atoms with E-state index in [0.717, 1.165) is 38.6 Å². The number of hydrogen-bond donors (Lipinski definition) is 3. The van der Waals surface area contributed by atoms with Crippen molar-refractivity contribution in [2.45, 2.75) is 55.6 Å². The Morgan fingerprint density at radius 3 is 2.80 bits per heavy atom. The third-order valence-electron chi connectivity index (χ3n) is 5.79. The predicted octanol–water partition coefficient (Wildman–Crippen LogP) is 2.27. The number of phenols is 1. The molecule has 20 heavy (non-hydrogen) atoms. The van der Waals surface area contributed by atoms with Gasteiger partial charge in [-0.25, -0.2) is 0 Å². The van der Waals surface area contributed by atoms with Crippen LogP contribution >= 0.6 is 12.4 Å². The molecule has 1 aromatic carbocycles. The van der Waals surface area contributed by atoms with Crippen LogP contribution in [0.4, 0.5) is 0 Å². The Bertz CT molecular complexity index is 531. The van der Waals surface area contributed by atoms with Crippen molar-refractivity contribution in [2.24, 2.45) is 0 Å². The minimum absolute atomic E-state index is 0. The van der Waals surface area contributed by atoms with E-state index in [2.05, 4.69) is 5.32 Å². The van der Waals surface area contributed by atoms with Gasteiger partial charge < -0.3 is 15.5 Å². The summed E-state index contributed by atoms with van der Waals surface area (Å²) in [6.45, 7) is 0.974. The summed E-state index contributed by atoms with van der Waals surface area (Å²) in [6.07, 6.45) is 6.11. The molecule has 110 valence electrons. The van der Waals surface area contributed by atoms with Gasteiger partial charge in [0.25, 0.3) is 0 Å². The molecule has 1 aromatic rings. The molecule has 1 saturated carbocycles. The normalized spacial score (nSPS) is 38.4. The number of aliphatic hydroxyl groups is 1. The monoisotopic (exact) mass is 295 g/mol. The van der Waals surface area contributed by atoms with E-state index >= 15 is 0 Å². The Kier molecular flexibility index (Phi) is 3.27. The Hall–Kier alpha value is -0.770. The second-order valence-corrected chi connectivity index (χ2v) is 6.52. The first kappa shape index (κ1) is 14.2. The maximum atomic E-state index is 11.4. The van der Waals surface area contributed by atoms with Gasteiger partial charge >= 0.3 is 0 Å². The third kappa shape index (κ3) is 1.60. The molecule has 0 radical (unpaired) electrons. The van der Waals surface area contributed by atoms with Crippen molar-refractivity contribution < 1.29 is 10.2 Å². The number of piperidine rings is 1. The van der Waals surface area contributed by atoms with E-state index in [0.29, 0.717) is 5.75 Å². The van der Waals surface area contributed by atoms with Crippen molar-refractivity contribution in [3.05, 3.63) is 29.3 Å². The lowest BCUT2D eigenvalue weighted by Crippen LogP contribution is -2.71. The summed E-state index contributed by atoms with van der Waals surface area (Å²) < 4.78 is 0. The van der Waals surface area contributed by atoms with Crippen molar-refractivity contribution in [2.75, 3.05) is 6.54 Å². The van der Waals surface area contributed by atoms with Gasteiger partial charge in [0, 0.05) is 11.5 Å². The van der Waals surface area contributed by atoms with E-state index in [1.807, 2.05) is 12.1 Å². The maximum Gasteiger partial charge on any atom is 0.115 e. The van der Waals surface area contributed by atoms with Crippen LogP contribution in [-0.4, -0.2) is 28.4 Å². The van der Waals surface area contributed by atoms with E-state index in [-0.39, 0.29) is 23.9 Å². The smallest absolute Gasteiger partial charge is 0.115 e. The Labute approximate surface area is 125 Å². The number of rotatable bonds is 0. The molecule has 2 fully saturated rings. The predicted molar refractivity (Wildman–Crippen MR) is 80.6 cm³/mol. The molecule has 3 atom stereocenters. The lowest BCUT2D eigenvalue weighted by Gasteiger charge is -2.61. The number of nitrogens with one attached hydrogen (secondary N) is 1. The Morgan fingerprint density at radius 2 is 1.95 bits per heavy atom. The van der Waals surface area contributed by atoms with Crippen LogP contribution in [0.15, 0.2) is 18.2 Å². The Balaban J connectivity index is 0.00000121. The topological polar surface area (TPSA) is 52.5 Å². The maximum absolute atomic E-state index is 11.4. The van der Waals surface area contributed by atoms with Gasteiger partial charge in [0.15, 0.2) is 0 Å². The zero-order valence-electron chi connectivity index (χ0n) is 11.6. The summed E-state index contributed by atoms with van der Waals surface area (Å²) >= 11 is 0. The average molecular weight is 296 g/mol. The molecule has 2 aliphatic carbocycles. The molecule has 0 aromatic heterocycles. The lowest BCUT2D eigenvalue weighted by atomic mass is 9.50. The van der Waals surface area contributed by atoms with Crippen LogP contribution in [0, 0.1) is 0 Å². The number of benzene rings is 1. The van der Waals surface area contributed by atoms with Gasteiger partial charge in [-0.2, -0.15) is 0 Å². The number of halogens is 1. The fourth-order valence-electron chi connectivity index (χ4n) is 4.91. The van der Waals surface area contributed by atoms with Crippen LogP contribution in [0.1, 0.15) is 43.2 Å². The summed E-state index contributed by atoms with van der Waals surface area (Å²) in [5, 5.41) is 24.7. The molecular weight excluding hydrogens is 274 g/mol. The second-order valence-electron chi connectivity index (χ2n) is 6.52. The fraction of sp³-hybridized carbons (Fsp3) is 0.625. The summed E-state index contributed by atoms with van der Waals surface area (Å²) in [6, 6.07) is 5.91. The SMILES string of the molecule is Cl.Oc1ccc2c(c1)[C@@]13CCCC[C@@]1(O)[C@@H](C2)NCC3. The van der Waals surface area contributed by atoms with Crippen molar-refractivity contribution in [1.82, 2.24) is 5.32 Å². The largest absolute Gasteiger partial charge is 0.508 e. The summed E-state index contributed by atoms with van der Waals surface area (Å²) in [5.74, 6) is 0.332. The fourth-order valence-corrected chi connectivity index (χ4v) is 4.91. The van der Waals surface area contributed by atoms with Crippen LogP contribution in [0.3, 0.4) is 0 Å². The molecule has 0 unspecified atom stereocenters. The molecule has 3 N–H and O–H groups in total. The first-order valence-electron chi connectivity index (χ1n) is 7.44. The average Bonchev–Trinajstić information content (AvgIpc) is 2.39. The molecule has 1 heterocycles. The third-order valence-corrected chi connectivity index (χ3v) is 5.79. The van der Waals surface area contributed by atoms with Gasteiger partial charge in [0.1, 0.15) is 5.75 Å². The number of hydrogen-bond acceptors (Lipinski definition) is 3. The summed E-state index contributed by atoms with van der Waals surface area (Å²) in [5.41, 5.74) is 1.77. The first-order chi connectivity index (χ1) is 9.16. The second kappa shape index (κ2) is 4.62. The zero-order chi connectivity index (χ0) is 13.1. The van der Waals surface area contributed by atoms with Crippen molar-refractivity contribution in [3.63, 3.8) is 0 Å². The minimum atomic E-state index is -0.621. The highest BCUT2D eigenvalue weighted by molar-refractivity contribution is 5.85. The van der Waals surface area contributed by atoms with E-state index in [1.54, 1.807) is 6.07 Å². The Morgan fingerprint density at radius 1 is 1.15 bits per heavy atom. The van der Waals surface area contributed by atoms with Crippen LogP contribution in [0.25, 0.3) is 0 Å². The highest BCUT2D eigenvalue weighted by Crippen LogP contribution is 2.56. The molecule has 2 bridgehead atoms. The van der Waals surface area contributed by atoms with E-state index < -0.39 is 5.60 Å². The number of aromatic hydroxyl groups is 1. The molecule has 1 aliphatic heterocycles. The molecule has 3 nitrogen and oxygen atoms in total. The molecule has 4 rings (SSSR count). The van der Waals surface area contributed by atoms with Gasteiger partial charge in [-0.3, -0.25) is 0 Å².